The third-order valence-electron chi connectivity index (χ3n) is 3.97. The zero-order valence-electron chi connectivity index (χ0n) is 14.9. The fourth-order valence-electron chi connectivity index (χ4n) is 2.64. The molecule has 0 amide bonds. The van der Waals surface area contributed by atoms with Crippen LogP contribution >= 0.6 is 24.0 Å². The number of aryl methyl sites for hydroxylation is 1. The Morgan fingerprint density at radius 2 is 2.12 bits per heavy atom. The Morgan fingerprint density at radius 1 is 1.36 bits per heavy atom. The zero-order valence-corrected chi connectivity index (χ0v) is 18.1. The number of guanidine groups is 1. The molecule has 25 heavy (non-hydrogen) atoms. The van der Waals surface area contributed by atoms with Gasteiger partial charge in [-0.3, -0.25) is 4.99 Å². The van der Waals surface area contributed by atoms with Crippen LogP contribution in [0, 0.1) is 6.92 Å². The second-order valence-corrected chi connectivity index (χ2v) is 7.82. The molecule has 0 saturated carbocycles. The smallest absolute Gasteiger partial charge is 0.214 e. The molecule has 1 aromatic carbocycles. The van der Waals surface area contributed by atoms with E-state index in [4.69, 9.17) is 4.74 Å². The van der Waals surface area contributed by atoms with Gasteiger partial charge in [-0.15, -0.1) is 24.0 Å². The monoisotopic (exact) mass is 482 g/mol. The maximum Gasteiger partial charge on any atom is 0.214 e. The van der Waals surface area contributed by atoms with Gasteiger partial charge in [-0.1, -0.05) is 12.1 Å². The van der Waals surface area contributed by atoms with E-state index in [1.165, 1.54) is 4.31 Å². The standard InChI is InChI=1S/C16H26N4O3S.HI/c1-13-5-6-14(15(11-13)23-3)12-19-16(17-2)18-7-9-20-8-4-10-24(20,21)22;/h5-6,11H,4,7-10,12H2,1-3H3,(H2,17,18,19);1H. The van der Waals surface area contributed by atoms with Crippen LogP contribution in [0.2, 0.25) is 0 Å². The van der Waals surface area contributed by atoms with Crippen molar-refractivity contribution >= 4 is 40.0 Å². The van der Waals surface area contributed by atoms with Gasteiger partial charge in [-0.2, -0.15) is 0 Å². The Morgan fingerprint density at radius 3 is 2.72 bits per heavy atom. The summed E-state index contributed by atoms with van der Waals surface area (Å²) in [5.41, 5.74) is 2.18. The number of benzene rings is 1. The number of halogens is 1. The lowest BCUT2D eigenvalue weighted by Gasteiger charge is -2.17. The van der Waals surface area contributed by atoms with Crippen molar-refractivity contribution < 1.29 is 13.2 Å². The fourth-order valence-corrected chi connectivity index (χ4v) is 4.17. The summed E-state index contributed by atoms with van der Waals surface area (Å²) in [5, 5.41) is 6.36. The summed E-state index contributed by atoms with van der Waals surface area (Å²) in [6.45, 7) is 4.18. The summed E-state index contributed by atoms with van der Waals surface area (Å²) < 4.78 is 30.4. The summed E-state index contributed by atoms with van der Waals surface area (Å²) >= 11 is 0. The second kappa shape index (κ2) is 10.2. The molecule has 0 bridgehead atoms. The molecule has 1 aliphatic rings. The van der Waals surface area contributed by atoms with E-state index in [0.717, 1.165) is 16.9 Å². The van der Waals surface area contributed by atoms with Gasteiger partial charge in [0.15, 0.2) is 5.96 Å². The van der Waals surface area contributed by atoms with Crippen LogP contribution in [0.25, 0.3) is 0 Å². The van der Waals surface area contributed by atoms with Gasteiger partial charge >= 0.3 is 0 Å². The van der Waals surface area contributed by atoms with Gasteiger partial charge in [0, 0.05) is 38.8 Å². The average molecular weight is 482 g/mol. The Bertz CT molecular complexity index is 695. The number of hydrogen-bond donors (Lipinski definition) is 2. The van der Waals surface area contributed by atoms with E-state index in [0.29, 0.717) is 38.6 Å². The van der Waals surface area contributed by atoms with Crippen LogP contribution in [-0.2, 0) is 16.6 Å². The van der Waals surface area contributed by atoms with Gasteiger partial charge in [0.25, 0.3) is 0 Å². The molecule has 142 valence electrons. The Labute approximate surface area is 167 Å². The molecule has 1 heterocycles. The van der Waals surface area contributed by atoms with Gasteiger partial charge in [0.2, 0.25) is 10.0 Å². The molecule has 1 aliphatic heterocycles. The lowest BCUT2D eigenvalue weighted by atomic mass is 10.1. The van der Waals surface area contributed by atoms with E-state index >= 15 is 0 Å². The number of rotatable bonds is 6. The first-order chi connectivity index (χ1) is 11.5. The number of nitrogens with one attached hydrogen (secondary N) is 2. The number of sulfonamides is 1. The van der Waals surface area contributed by atoms with Crippen LogP contribution in [-0.4, -0.2) is 58.2 Å². The molecule has 2 rings (SSSR count). The highest BCUT2D eigenvalue weighted by atomic mass is 127. The Hall–Kier alpha value is -1.07. The molecular weight excluding hydrogens is 455 g/mol. The van der Waals surface area contributed by atoms with E-state index < -0.39 is 10.0 Å². The number of aliphatic imine (C=N–C) groups is 1. The fraction of sp³-hybridized carbons (Fsp3) is 0.562. The normalized spacial score (nSPS) is 17.0. The summed E-state index contributed by atoms with van der Waals surface area (Å²) in [5.74, 6) is 1.73. The van der Waals surface area contributed by atoms with Gasteiger partial charge in [0.1, 0.15) is 5.75 Å². The van der Waals surface area contributed by atoms with E-state index in [-0.39, 0.29) is 29.7 Å². The van der Waals surface area contributed by atoms with Gasteiger partial charge in [-0.05, 0) is 25.0 Å². The topological polar surface area (TPSA) is 83.0 Å². The summed E-state index contributed by atoms with van der Waals surface area (Å²) in [7, 11) is 0.300. The summed E-state index contributed by atoms with van der Waals surface area (Å²) in [4.78, 5) is 4.16. The molecule has 9 heteroatoms. The van der Waals surface area contributed by atoms with Crippen LogP contribution in [0.3, 0.4) is 0 Å². The van der Waals surface area contributed by atoms with Crippen molar-refractivity contribution in [1.29, 1.82) is 0 Å². The SMILES string of the molecule is CN=C(NCCN1CCCS1(=O)=O)NCc1ccc(C)cc1OC.I. The number of hydrogen-bond acceptors (Lipinski definition) is 4. The van der Waals surface area contributed by atoms with Crippen molar-refractivity contribution in [2.24, 2.45) is 4.99 Å². The summed E-state index contributed by atoms with van der Waals surface area (Å²) in [6.07, 6.45) is 0.711. The molecule has 0 unspecified atom stereocenters. The predicted molar refractivity (Wildman–Crippen MR) is 111 cm³/mol. The first kappa shape index (κ1) is 22.0. The molecule has 1 saturated heterocycles. The first-order valence-corrected chi connectivity index (χ1v) is 9.63. The van der Waals surface area contributed by atoms with E-state index in [9.17, 15) is 8.42 Å². The van der Waals surface area contributed by atoms with Crippen molar-refractivity contribution in [3.8, 4) is 5.75 Å². The van der Waals surface area contributed by atoms with E-state index in [2.05, 4.69) is 15.6 Å². The number of nitrogens with zero attached hydrogens (tertiary/aromatic N) is 2. The molecule has 1 aromatic rings. The molecule has 1 fully saturated rings. The lowest BCUT2D eigenvalue weighted by Crippen LogP contribution is -2.41. The largest absolute Gasteiger partial charge is 0.496 e. The number of ether oxygens (including phenoxy) is 1. The maximum atomic E-state index is 11.8. The maximum absolute atomic E-state index is 11.8. The Balaban J connectivity index is 0.00000312. The number of methoxy groups -OCH3 is 1. The van der Waals surface area contributed by atoms with Crippen molar-refractivity contribution in [2.75, 3.05) is 39.5 Å². The minimum atomic E-state index is -3.04. The molecule has 7 nitrogen and oxygen atoms in total. The van der Waals surface area contributed by atoms with Crippen molar-refractivity contribution in [2.45, 2.75) is 19.9 Å². The Kier molecular flexibility index (Phi) is 8.94. The molecule has 0 radical (unpaired) electrons. The molecular formula is C16H27IN4O3S. The highest BCUT2D eigenvalue weighted by Crippen LogP contribution is 2.19. The van der Waals surface area contributed by atoms with Crippen LogP contribution < -0.4 is 15.4 Å². The molecule has 0 atom stereocenters. The molecule has 2 N–H and O–H groups in total. The van der Waals surface area contributed by atoms with E-state index in [1.807, 2.05) is 25.1 Å². The van der Waals surface area contributed by atoms with Crippen molar-refractivity contribution in [1.82, 2.24) is 14.9 Å². The second-order valence-electron chi connectivity index (χ2n) is 5.74. The van der Waals surface area contributed by atoms with Gasteiger partial charge < -0.3 is 15.4 Å². The molecule has 0 spiro atoms. The zero-order chi connectivity index (χ0) is 17.6. The minimum Gasteiger partial charge on any atom is -0.496 e. The first-order valence-electron chi connectivity index (χ1n) is 8.02. The van der Waals surface area contributed by atoms with Gasteiger partial charge in [0.05, 0.1) is 12.9 Å². The summed E-state index contributed by atoms with van der Waals surface area (Å²) in [6, 6.07) is 6.05. The van der Waals surface area contributed by atoms with E-state index in [1.54, 1.807) is 14.2 Å². The minimum absolute atomic E-state index is 0. The van der Waals surface area contributed by atoms with Crippen molar-refractivity contribution in [3.63, 3.8) is 0 Å². The average Bonchev–Trinajstić information content (AvgIpc) is 2.90. The molecule has 0 aliphatic carbocycles. The van der Waals surface area contributed by atoms with Crippen LogP contribution in [0.15, 0.2) is 23.2 Å². The third-order valence-corrected chi connectivity index (χ3v) is 5.93. The van der Waals surface area contributed by atoms with Gasteiger partial charge in [-0.25, -0.2) is 12.7 Å². The highest BCUT2D eigenvalue weighted by Gasteiger charge is 2.27. The predicted octanol–water partition coefficient (Wildman–Crippen LogP) is 1.32. The van der Waals surface area contributed by atoms with Crippen molar-refractivity contribution in [3.05, 3.63) is 29.3 Å². The highest BCUT2D eigenvalue weighted by molar-refractivity contribution is 14.0. The molecule has 0 aromatic heterocycles. The van der Waals surface area contributed by atoms with Crippen LogP contribution in [0.4, 0.5) is 0 Å². The third kappa shape index (κ3) is 6.30. The quantitative estimate of drug-likeness (QED) is 0.363. The van der Waals surface area contributed by atoms with Crippen LogP contribution in [0.1, 0.15) is 17.5 Å². The lowest BCUT2D eigenvalue weighted by molar-refractivity contribution is 0.408. The van der Waals surface area contributed by atoms with Crippen LogP contribution in [0.5, 0.6) is 5.75 Å².